The number of nitrogens with zero attached hydrogens (tertiary/aromatic N) is 2. The van der Waals surface area contributed by atoms with E-state index in [0.717, 1.165) is 71.5 Å². The van der Waals surface area contributed by atoms with Gasteiger partial charge in [0.2, 0.25) is 5.91 Å². The first-order valence-electron chi connectivity index (χ1n) is 10.2. The average molecular weight is 430 g/mol. The van der Waals surface area contributed by atoms with Crippen LogP contribution in [0.4, 0.5) is 5.69 Å². The molecule has 4 rings (SSSR count). The summed E-state index contributed by atoms with van der Waals surface area (Å²) in [5.41, 5.74) is 9.17. The number of amides is 1. The number of likely N-dealkylation sites (tertiary alicyclic amines) is 1. The van der Waals surface area contributed by atoms with Crippen molar-refractivity contribution < 1.29 is 9.53 Å². The van der Waals surface area contributed by atoms with Gasteiger partial charge in [0, 0.05) is 45.1 Å². The summed E-state index contributed by atoms with van der Waals surface area (Å²) in [4.78, 5) is 17.3. The van der Waals surface area contributed by atoms with Crippen molar-refractivity contribution in [3.8, 4) is 0 Å². The molecule has 2 N–H and O–H groups in total. The number of halogens is 2. The standard InChI is InChI=1S/C21H31N3O2.2ClH/c22-20(18-8-13-26-14-9-18)21(25)23-10-5-16(6-11-23)15-24-12-7-17-3-1-2-4-19(17)24;;/h1-4,16,18,20H,5-15,22H2;2*1H. The predicted octanol–water partition coefficient (Wildman–Crippen LogP) is 2.89. The molecule has 1 atom stereocenters. The third kappa shape index (κ3) is 5.12. The van der Waals surface area contributed by atoms with E-state index in [0.29, 0.717) is 5.92 Å². The number of hydrogen-bond acceptors (Lipinski definition) is 4. The maximum absolute atomic E-state index is 12.8. The maximum Gasteiger partial charge on any atom is 0.239 e. The van der Waals surface area contributed by atoms with E-state index in [1.807, 2.05) is 4.90 Å². The second-order valence-corrected chi connectivity index (χ2v) is 8.07. The van der Waals surface area contributed by atoms with Gasteiger partial charge < -0.3 is 20.3 Å². The number of para-hydroxylation sites is 1. The molecule has 1 unspecified atom stereocenters. The minimum Gasteiger partial charge on any atom is -0.381 e. The zero-order valence-electron chi connectivity index (χ0n) is 16.4. The maximum atomic E-state index is 12.8. The van der Waals surface area contributed by atoms with Crippen LogP contribution in [0, 0.1) is 11.8 Å². The van der Waals surface area contributed by atoms with Gasteiger partial charge >= 0.3 is 0 Å². The molecular weight excluding hydrogens is 397 g/mol. The van der Waals surface area contributed by atoms with E-state index in [4.69, 9.17) is 10.5 Å². The SMILES string of the molecule is Cl.Cl.NC(C(=O)N1CCC(CN2CCc3ccccc32)CC1)C1CCOCC1. The number of hydrogen-bond donors (Lipinski definition) is 1. The first-order valence-corrected chi connectivity index (χ1v) is 10.2. The highest BCUT2D eigenvalue weighted by Crippen LogP contribution is 2.30. The molecule has 1 amide bonds. The molecule has 0 aromatic heterocycles. The summed E-state index contributed by atoms with van der Waals surface area (Å²) in [7, 11) is 0. The second kappa shape index (κ2) is 10.7. The molecule has 1 aromatic carbocycles. The van der Waals surface area contributed by atoms with Crippen LogP contribution in [-0.4, -0.2) is 56.2 Å². The van der Waals surface area contributed by atoms with Gasteiger partial charge in [0.1, 0.15) is 0 Å². The molecule has 0 aliphatic carbocycles. The number of ether oxygens (including phenoxy) is 1. The quantitative estimate of drug-likeness (QED) is 0.798. The molecule has 0 saturated carbocycles. The van der Waals surface area contributed by atoms with Crippen molar-refractivity contribution >= 4 is 36.4 Å². The fourth-order valence-corrected chi connectivity index (χ4v) is 4.73. The summed E-state index contributed by atoms with van der Waals surface area (Å²) in [6.07, 6.45) is 5.17. The lowest BCUT2D eigenvalue weighted by Crippen LogP contribution is -2.51. The van der Waals surface area contributed by atoms with E-state index in [-0.39, 0.29) is 42.7 Å². The number of fused-ring (bicyclic) bond motifs is 1. The highest BCUT2D eigenvalue weighted by Gasteiger charge is 2.32. The van der Waals surface area contributed by atoms with Gasteiger partial charge in [-0.05, 0) is 55.6 Å². The van der Waals surface area contributed by atoms with E-state index in [9.17, 15) is 4.79 Å². The highest BCUT2D eigenvalue weighted by atomic mass is 35.5. The smallest absolute Gasteiger partial charge is 0.239 e. The molecule has 158 valence electrons. The molecule has 2 saturated heterocycles. The summed E-state index contributed by atoms with van der Waals surface area (Å²) in [6, 6.07) is 8.41. The third-order valence-corrected chi connectivity index (χ3v) is 6.45. The molecule has 3 aliphatic heterocycles. The van der Waals surface area contributed by atoms with Crippen LogP contribution < -0.4 is 10.6 Å². The molecule has 28 heavy (non-hydrogen) atoms. The monoisotopic (exact) mass is 429 g/mol. The zero-order valence-corrected chi connectivity index (χ0v) is 18.1. The average Bonchev–Trinajstić information content (AvgIpc) is 3.11. The lowest BCUT2D eigenvalue weighted by molar-refractivity contribution is -0.136. The van der Waals surface area contributed by atoms with Crippen molar-refractivity contribution in [3.63, 3.8) is 0 Å². The molecule has 5 nitrogen and oxygen atoms in total. The Balaban J connectivity index is 0.00000140. The summed E-state index contributed by atoms with van der Waals surface area (Å²) >= 11 is 0. The summed E-state index contributed by atoms with van der Waals surface area (Å²) in [5, 5.41) is 0. The van der Waals surface area contributed by atoms with Crippen LogP contribution in [0.2, 0.25) is 0 Å². The molecule has 0 spiro atoms. The van der Waals surface area contributed by atoms with Crippen LogP contribution in [0.15, 0.2) is 24.3 Å². The van der Waals surface area contributed by atoms with Crippen LogP contribution in [0.5, 0.6) is 0 Å². The molecule has 0 radical (unpaired) electrons. The van der Waals surface area contributed by atoms with Gasteiger partial charge in [0.05, 0.1) is 6.04 Å². The van der Waals surface area contributed by atoms with Gasteiger partial charge in [-0.3, -0.25) is 4.79 Å². The van der Waals surface area contributed by atoms with Gasteiger partial charge in [0.15, 0.2) is 0 Å². The Bertz CT molecular complexity index is 632. The Morgan fingerprint density at radius 3 is 2.46 bits per heavy atom. The normalized spacial score (nSPS) is 21.5. The first kappa shape index (κ1) is 23.3. The van der Waals surface area contributed by atoms with Gasteiger partial charge in [-0.1, -0.05) is 18.2 Å². The van der Waals surface area contributed by atoms with Gasteiger partial charge in [-0.15, -0.1) is 24.8 Å². The van der Waals surface area contributed by atoms with Crippen molar-refractivity contribution in [3.05, 3.63) is 29.8 Å². The molecule has 2 fully saturated rings. The third-order valence-electron chi connectivity index (χ3n) is 6.45. The minimum absolute atomic E-state index is 0. The summed E-state index contributed by atoms with van der Waals surface area (Å²) in [6.45, 7) is 5.44. The Morgan fingerprint density at radius 2 is 1.75 bits per heavy atom. The van der Waals surface area contributed by atoms with Crippen LogP contribution in [-0.2, 0) is 16.0 Å². The van der Waals surface area contributed by atoms with Crippen molar-refractivity contribution in [2.75, 3.05) is 44.3 Å². The fraction of sp³-hybridized carbons (Fsp3) is 0.667. The number of rotatable bonds is 4. The van der Waals surface area contributed by atoms with Gasteiger partial charge in [0.25, 0.3) is 0 Å². The van der Waals surface area contributed by atoms with Crippen molar-refractivity contribution in [2.24, 2.45) is 17.6 Å². The van der Waals surface area contributed by atoms with E-state index in [1.54, 1.807) is 0 Å². The Morgan fingerprint density at radius 1 is 1.07 bits per heavy atom. The van der Waals surface area contributed by atoms with Crippen molar-refractivity contribution in [1.29, 1.82) is 0 Å². The lowest BCUT2D eigenvalue weighted by atomic mass is 9.90. The number of benzene rings is 1. The van der Waals surface area contributed by atoms with Crippen LogP contribution in [0.25, 0.3) is 0 Å². The number of piperidine rings is 1. The zero-order chi connectivity index (χ0) is 17.9. The number of anilines is 1. The van der Waals surface area contributed by atoms with E-state index >= 15 is 0 Å². The van der Waals surface area contributed by atoms with Gasteiger partial charge in [-0.2, -0.15) is 0 Å². The minimum atomic E-state index is -0.346. The van der Waals surface area contributed by atoms with Crippen molar-refractivity contribution in [1.82, 2.24) is 4.90 Å². The largest absolute Gasteiger partial charge is 0.381 e. The topological polar surface area (TPSA) is 58.8 Å². The van der Waals surface area contributed by atoms with Crippen molar-refractivity contribution in [2.45, 2.75) is 38.1 Å². The Labute approximate surface area is 180 Å². The second-order valence-electron chi connectivity index (χ2n) is 8.07. The molecule has 1 aromatic rings. The fourth-order valence-electron chi connectivity index (χ4n) is 4.73. The van der Waals surface area contributed by atoms with E-state index < -0.39 is 0 Å². The molecule has 3 aliphatic rings. The Hall–Kier alpha value is -1.01. The Kier molecular flexibility index (Phi) is 8.87. The number of carbonyl (C=O) groups excluding carboxylic acids is 1. The lowest BCUT2D eigenvalue weighted by Gasteiger charge is -2.37. The predicted molar refractivity (Wildman–Crippen MR) is 118 cm³/mol. The first-order chi connectivity index (χ1) is 12.7. The van der Waals surface area contributed by atoms with E-state index in [2.05, 4.69) is 29.2 Å². The summed E-state index contributed by atoms with van der Waals surface area (Å²) in [5.74, 6) is 1.11. The van der Waals surface area contributed by atoms with E-state index in [1.165, 1.54) is 11.3 Å². The summed E-state index contributed by atoms with van der Waals surface area (Å²) < 4.78 is 5.39. The van der Waals surface area contributed by atoms with Crippen LogP contribution in [0.1, 0.15) is 31.2 Å². The van der Waals surface area contributed by atoms with Crippen LogP contribution >= 0.6 is 24.8 Å². The number of carbonyl (C=O) groups is 1. The molecule has 3 heterocycles. The van der Waals surface area contributed by atoms with Crippen LogP contribution in [0.3, 0.4) is 0 Å². The molecule has 7 heteroatoms. The number of nitrogens with two attached hydrogens (primary N) is 1. The highest BCUT2D eigenvalue weighted by molar-refractivity contribution is 5.85. The molecule has 0 bridgehead atoms. The molecular formula is C21H33Cl2N3O2. The van der Waals surface area contributed by atoms with Gasteiger partial charge in [-0.25, -0.2) is 0 Å².